The highest BCUT2D eigenvalue weighted by molar-refractivity contribution is 6.03. The van der Waals surface area contributed by atoms with E-state index in [4.69, 9.17) is 4.98 Å². The van der Waals surface area contributed by atoms with Gasteiger partial charge in [0, 0.05) is 79.7 Å². The predicted molar refractivity (Wildman–Crippen MR) is 261 cm³/mol. The largest absolute Gasteiger partial charge is 0.481 e. The molecule has 0 radical (unpaired) electrons. The molecule has 2 saturated heterocycles. The van der Waals surface area contributed by atoms with Crippen LogP contribution in [0.5, 0.6) is 0 Å². The normalized spacial score (nSPS) is 16.5. The third kappa shape index (κ3) is 8.53. The molecule has 1 saturated carbocycles. The Labute approximate surface area is 394 Å². The lowest BCUT2D eigenvalue weighted by atomic mass is 9.75. The number of carbonyl (C=O) groups excluding carboxylic acids is 2. The third-order valence-electron chi connectivity index (χ3n) is 14.1. The van der Waals surface area contributed by atoms with E-state index in [9.17, 15) is 29.4 Å². The second-order valence-electron chi connectivity index (χ2n) is 18.3. The summed E-state index contributed by atoms with van der Waals surface area (Å²) in [4.78, 5) is 66.9. The molecule has 2 aliphatic heterocycles. The summed E-state index contributed by atoms with van der Waals surface area (Å²) < 4.78 is 1.89. The van der Waals surface area contributed by atoms with E-state index in [0.29, 0.717) is 79.3 Å². The number of hydrogen-bond acceptors (Lipinski definition) is 9. The highest BCUT2D eigenvalue weighted by Crippen LogP contribution is 2.46. The molecule has 344 valence electrons. The van der Waals surface area contributed by atoms with Crippen molar-refractivity contribution in [3.8, 4) is 11.1 Å². The Morgan fingerprint density at radius 1 is 0.559 bits per heavy atom. The maximum Gasteiger partial charge on any atom is 0.310 e. The molecule has 7 aromatic rings. The first-order valence-corrected chi connectivity index (χ1v) is 23.3. The minimum absolute atomic E-state index is 0.160. The first kappa shape index (κ1) is 44.0. The number of carboxylic acids is 2. The first-order chi connectivity index (χ1) is 33.1. The average molecular weight is 909 g/mol. The van der Waals surface area contributed by atoms with Crippen LogP contribution in [-0.2, 0) is 19.2 Å². The third-order valence-corrected chi connectivity index (χ3v) is 14.1. The zero-order chi connectivity index (χ0) is 46.8. The Morgan fingerprint density at radius 3 is 1.53 bits per heavy atom. The van der Waals surface area contributed by atoms with Gasteiger partial charge in [-0.15, -0.1) is 10.2 Å². The monoisotopic (exact) mass is 908 g/mol. The second-order valence-corrected chi connectivity index (χ2v) is 18.3. The number of benzene rings is 4. The van der Waals surface area contributed by atoms with E-state index in [2.05, 4.69) is 21.2 Å². The van der Waals surface area contributed by atoms with E-state index in [1.807, 2.05) is 149 Å². The fraction of sp³-hybridized carbons (Fsp3) is 0.278. The molecule has 3 aromatic heterocycles. The van der Waals surface area contributed by atoms with Crippen molar-refractivity contribution in [3.05, 3.63) is 157 Å². The molecule has 10 rings (SSSR count). The summed E-state index contributed by atoms with van der Waals surface area (Å²) in [5.74, 6) is -0.550. The van der Waals surface area contributed by atoms with Crippen LogP contribution in [0.1, 0.15) is 62.8 Å². The Bertz CT molecular complexity index is 2910. The molecule has 3 fully saturated rings. The maximum absolute atomic E-state index is 14.5. The van der Waals surface area contributed by atoms with Gasteiger partial charge < -0.3 is 20.0 Å². The molecule has 4 aromatic carbocycles. The smallest absolute Gasteiger partial charge is 0.310 e. The zero-order valence-corrected chi connectivity index (χ0v) is 37.6. The van der Waals surface area contributed by atoms with Crippen molar-refractivity contribution < 1.29 is 29.4 Å². The molecule has 0 atom stereocenters. The summed E-state index contributed by atoms with van der Waals surface area (Å²) in [6.45, 7) is 1.70. The Kier molecular flexibility index (Phi) is 11.9. The zero-order valence-electron chi connectivity index (χ0n) is 37.6. The van der Waals surface area contributed by atoms with Gasteiger partial charge in [-0.05, 0) is 122 Å². The van der Waals surface area contributed by atoms with Gasteiger partial charge in [-0.3, -0.25) is 33.4 Å². The van der Waals surface area contributed by atoms with Crippen LogP contribution in [0.4, 0.5) is 34.5 Å². The molecule has 0 spiro atoms. The van der Waals surface area contributed by atoms with E-state index in [-0.39, 0.29) is 37.5 Å². The Hall–Kier alpha value is -7.87. The molecule has 0 bridgehead atoms. The van der Waals surface area contributed by atoms with Gasteiger partial charge in [0.1, 0.15) is 5.82 Å². The molecule has 0 unspecified atom stereocenters. The number of pyridine rings is 2. The molecule has 14 heteroatoms. The van der Waals surface area contributed by atoms with Crippen LogP contribution < -0.4 is 19.6 Å². The molecular formula is C54H52N8O6. The number of fused-ring (bicyclic) bond motifs is 1. The molecule has 68 heavy (non-hydrogen) atoms. The van der Waals surface area contributed by atoms with Gasteiger partial charge in [0.05, 0.1) is 10.8 Å². The lowest BCUT2D eigenvalue weighted by Crippen LogP contribution is -2.47. The number of nitrogens with zero attached hydrogens (tertiary/aromatic N) is 8. The van der Waals surface area contributed by atoms with Crippen molar-refractivity contribution in [1.29, 1.82) is 0 Å². The number of aromatic nitrogens is 4. The van der Waals surface area contributed by atoms with Crippen molar-refractivity contribution in [2.45, 2.75) is 57.3 Å². The van der Waals surface area contributed by atoms with Crippen LogP contribution in [0.25, 0.3) is 16.8 Å². The van der Waals surface area contributed by atoms with Crippen molar-refractivity contribution >= 4 is 63.9 Å². The number of rotatable bonds is 14. The van der Waals surface area contributed by atoms with Crippen LogP contribution >= 0.6 is 0 Å². The van der Waals surface area contributed by atoms with Crippen LogP contribution in [0, 0.1) is 10.8 Å². The molecule has 3 aliphatic rings. The Morgan fingerprint density at radius 2 is 1.04 bits per heavy atom. The summed E-state index contributed by atoms with van der Waals surface area (Å²) in [5, 5.41) is 30.6. The highest BCUT2D eigenvalue weighted by Gasteiger charge is 2.47. The minimum atomic E-state index is -1.27. The summed E-state index contributed by atoms with van der Waals surface area (Å²) in [6, 6.07) is 43.4. The predicted octanol–water partition coefficient (Wildman–Crippen LogP) is 9.52. The number of piperidine rings is 2. The van der Waals surface area contributed by atoms with E-state index in [0.717, 1.165) is 29.8 Å². The topological polar surface area (TPSA) is 165 Å². The molecule has 2 amide bonds. The van der Waals surface area contributed by atoms with Gasteiger partial charge in [-0.25, -0.2) is 4.98 Å². The molecule has 1 aliphatic carbocycles. The number of para-hydroxylation sites is 3. The SMILES string of the molecule is O=C(CC1(C(=O)O)CCN(c2ncccc2C2CC2)CC1)N(c1ccccc1)c1ccc(-c2cccn3c(N4CCC(CC(=O)N(c5ccccc5)c5ccccc5)(C(=O)O)CC4)nnc23)cc1. The van der Waals surface area contributed by atoms with Crippen molar-refractivity contribution in [3.63, 3.8) is 0 Å². The highest BCUT2D eigenvalue weighted by atomic mass is 16.4. The molecule has 2 N–H and O–H groups in total. The maximum atomic E-state index is 14.5. The number of hydrogen-bond donors (Lipinski definition) is 2. The van der Waals surface area contributed by atoms with Crippen LogP contribution in [0.2, 0.25) is 0 Å². The van der Waals surface area contributed by atoms with Gasteiger partial charge in [0.2, 0.25) is 17.8 Å². The summed E-state index contributed by atoms with van der Waals surface area (Å²) in [6.07, 6.45) is 6.73. The van der Waals surface area contributed by atoms with Gasteiger partial charge in [-0.1, -0.05) is 72.8 Å². The molecular weight excluding hydrogens is 857 g/mol. The molecule has 5 heterocycles. The van der Waals surface area contributed by atoms with Crippen molar-refractivity contribution in [2.75, 3.05) is 45.8 Å². The quantitative estimate of drug-likeness (QED) is 0.107. The summed E-state index contributed by atoms with van der Waals surface area (Å²) in [5.41, 5.74) is 3.52. The van der Waals surface area contributed by atoms with Crippen LogP contribution in [0.15, 0.2) is 152 Å². The Balaban J connectivity index is 0.856. The van der Waals surface area contributed by atoms with Crippen LogP contribution in [-0.4, -0.2) is 79.7 Å². The lowest BCUT2D eigenvalue weighted by molar-refractivity contribution is -0.153. The van der Waals surface area contributed by atoms with Crippen molar-refractivity contribution in [2.24, 2.45) is 10.8 Å². The summed E-state index contributed by atoms with van der Waals surface area (Å²) >= 11 is 0. The van der Waals surface area contributed by atoms with Crippen LogP contribution in [0.3, 0.4) is 0 Å². The lowest BCUT2D eigenvalue weighted by Gasteiger charge is -2.40. The number of anilines is 6. The second kappa shape index (κ2) is 18.4. The van der Waals surface area contributed by atoms with E-state index in [1.54, 1.807) is 16.0 Å². The van der Waals surface area contributed by atoms with E-state index >= 15 is 0 Å². The standard InChI is InChI=1S/C54H52N8O6/c63-46(61(40-12-4-1-5-13-40)41-14-6-2-7-15-41)36-54(51(67)68)28-34-59(35-29-54)52-57-56-49-45(19-11-31-60(49)52)39-22-24-43(25-23-39)62(42-16-8-3-9-17-42)47(64)37-53(50(65)66)26-32-58(33-27-53)48-44(38-20-21-38)18-10-30-55-48/h1-19,22-25,30-31,38H,20-21,26-29,32-37H2,(H,65,66)(H,67,68). The summed E-state index contributed by atoms with van der Waals surface area (Å²) in [7, 11) is 0. The van der Waals surface area contributed by atoms with Gasteiger partial charge in [0.15, 0.2) is 5.65 Å². The fourth-order valence-corrected chi connectivity index (χ4v) is 10.1. The number of carbonyl (C=O) groups is 4. The average Bonchev–Trinajstić information content (AvgIpc) is 4.13. The van der Waals surface area contributed by atoms with E-state index in [1.165, 1.54) is 5.56 Å². The number of aliphatic carboxylic acids is 2. The minimum Gasteiger partial charge on any atom is -0.481 e. The van der Waals surface area contributed by atoms with Gasteiger partial charge >= 0.3 is 11.9 Å². The molecule has 14 nitrogen and oxygen atoms in total. The number of amides is 2. The first-order valence-electron chi connectivity index (χ1n) is 23.3. The number of carboxylic acid groups (broad SMARTS) is 2. The van der Waals surface area contributed by atoms with Gasteiger partial charge in [0.25, 0.3) is 0 Å². The van der Waals surface area contributed by atoms with Crippen molar-refractivity contribution in [1.82, 2.24) is 19.6 Å². The van der Waals surface area contributed by atoms with E-state index < -0.39 is 22.8 Å². The fourth-order valence-electron chi connectivity index (χ4n) is 10.1. The van der Waals surface area contributed by atoms with Gasteiger partial charge in [-0.2, -0.15) is 0 Å².